The first-order valence-electron chi connectivity index (χ1n) is 14.3. The summed E-state index contributed by atoms with van der Waals surface area (Å²) in [7, 11) is 6.09. The lowest BCUT2D eigenvalue weighted by Gasteiger charge is -2.20. The third kappa shape index (κ3) is 16.4. The van der Waals surface area contributed by atoms with Crippen LogP contribution in [0.4, 0.5) is 10.1 Å². The second-order valence-electron chi connectivity index (χ2n) is 8.35. The predicted octanol–water partition coefficient (Wildman–Crippen LogP) is 9.25. The molecule has 0 amide bonds. The molecule has 38 heavy (non-hydrogen) atoms. The Kier molecular flexibility index (Phi) is 26.2. The molecule has 2 radical (unpaired) electrons. The summed E-state index contributed by atoms with van der Waals surface area (Å²) in [6.45, 7) is 28.6. The molecule has 0 heterocycles. The maximum Gasteiger partial charge on any atom is 0.212 e. The summed E-state index contributed by atoms with van der Waals surface area (Å²) in [5, 5.41) is 7.57. The number of alkyl halides is 1. The number of nitrogens with zero attached hydrogens (tertiary/aromatic N) is 1. The van der Waals surface area contributed by atoms with Crippen molar-refractivity contribution in [2.45, 2.75) is 101 Å². The Bertz CT molecular complexity index is 904. The SMILES string of the molecule is CC.CC.CC.CCO.[B]c1ccc([N+](=C)CCCCCC(C)(F)c2ccccc2)c(/C=C\C(=C)C)c1C. The minimum atomic E-state index is -1.28. The van der Waals surface area contributed by atoms with Crippen LogP contribution in [0.3, 0.4) is 0 Å². The third-order valence-electron chi connectivity index (χ3n) is 5.36. The maximum absolute atomic E-state index is 14.9. The molecule has 2 aromatic rings. The summed E-state index contributed by atoms with van der Waals surface area (Å²) in [6.07, 6.45) is 7.34. The monoisotopic (exact) mass is 524 g/mol. The van der Waals surface area contributed by atoms with E-state index in [-0.39, 0.29) is 6.61 Å². The normalized spacial score (nSPS) is 11.2. The van der Waals surface area contributed by atoms with Crippen LogP contribution in [0.15, 0.2) is 60.7 Å². The van der Waals surface area contributed by atoms with Crippen LogP contribution in [0.25, 0.3) is 6.08 Å². The fraction of sp³-hybridized carbons (Fsp3) is 0.500. The second-order valence-corrected chi connectivity index (χ2v) is 8.35. The first-order chi connectivity index (χ1) is 18.1. The summed E-state index contributed by atoms with van der Waals surface area (Å²) >= 11 is 0. The lowest BCUT2D eigenvalue weighted by molar-refractivity contribution is -0.432. The van der Waals surface area contributed by atoms with Crippen LogP contribution in [0.1, 0.15) is 105 Å². The Labute approximate surface area is 236 Å². The Morgan fingerprint density at radius 1 is 1.00 bits per heavy atom. The van der Waals surface area contributed by atoms with Gasteiger partial charge < -0.3 is 5.11 Å². The Morgan fingerprint density at radius 2 is 1.53 bits per heavy atom. The van der Waals surface area contributed by atoms with Crippen LogP contribution in [-0.2, 0) is 5.67 Å². The zero-order valence-electron chi connectivity index (χ0n) is 26.2. The highest BCUT2D eigenvalue weighted by Gasteiger charge is 2.24. The first kappa shape index (κ1) is 40.0. The van der Waals surface area contributed by atoms with Gasteiger partial charge in [0.15, 0.2) is 0 Å². The predicted molar refractivity (Wildman–Crippen MR) is 172 cm³/mol. The number of hydrogen-bond acceptors (Lipinski definition) is 1. The Morgan fingerprint density at radius 3 is 2.03 bits per heavy atom. The van der Waals surface area contributed by atoms with Gasteiger partial charge in [-0.25, -0.2) is 8.97 Å². The standard InChI is InChI=1S/C26H32BFN.C2H6O.3C2H6/c1-20(2)14-15-23-21(3)24(27)16-17-25(23)29(5)19-11-7-10-18-26(4,28)22-12-8-6-9-13-22;1-2-3;3*1-2/h6,8-9,12-17H,1,5,7,10-11,18-19H2,2-4H3;3H,2H2,1H3;3*1-2H3/q+1;;;;/b15-14-;;;;. The van der Waals surface area contributed by atoms with E-state index < -0.39 is 5.67 Å². The van der Waals surface area contributed by atoms with E-state index in [1.165, 1.54) is 0 Å². The number of aliphatic hydroxyl groups excluding tert-OH is 1. The Balaban J connectivity index is -0.00000122. The van der Waals surface area contributed by atoms with Crippen LogP contribution in [-0.4, -0.2) is 37.4 Å². The van der Waals surface area contributed by atoms with E-state index in [4.69, 9.17) is 13.0 Å². The average molecular weight is 525 g/mol. The number of benzene rings is 2. The summed E-state index contributed by atoms with van der Waals surface area (Å²) in [5.74, 6) is 0. The molecule has 0 aromatic heterocycles. The minimum Gasteiger partial charge on any atom is -0.397 e. The molecule has 0 saturated heterocycles. The van der Waals surface area contributed by atoms with Crippen molar-refractivity contribution in [1.82, 2.24) is 0 Å². The molecule has 4 heteroatoms. The van der Waals surface area contributed by atoms with Gasteiger partial charge in [-0.3, -0.25) is 0 Å². The van der Waals surface area contributed by atoms with Gasteiger partial charge in [0.25, 0.3) is 0 Å². The highest BCUT2D eigenvalue weighted by atomic mass is 19.1. The van der Waals surface area contributed by atoms with Gasteiger partial charge in [0, 0.05) is 24.7 Å². The third-order valence-corrected chi connectivity index (χ3v) is 5.36. The molecule has 1 atom stereocenters. The average Bonchev–Trinajstić information content (AvgIpc) is 2.93. The van der Waals surface area contributed by atoms with Gasteiger partial charge in [0.1, 0.15) is 26.8 Å². The molecule has 0 spiro atoms. The second kappa shape index (κ2) is 24.9. The van der Waals surface area contributed by atoms with E-state index in [2.05, 4.69) is 19.4 Å². The number of unbranched alkanes of at least 4 members (excludes halogenated alkanes) is 2. The fourth-order valence-corrected chi connectivity index (χ4v) is 3.43. The van der Waals surface area contributed by atoms with Gasteiger partial charge in [-0.15, -0.1) is 0 Å². The molecule has 0 saturated carbocycles. The van der Waals surface area contributed by atoms with E-state index in [0.717, 1.165) is 59.2 Å². The van der Waals surface area contributed by atoms with Crippen molar-refractivity contribution in [1.29, 1.82) is 0 Å². The molecule has 212 valence electrons. The largest absolute Gasteiger partial charge is 0.397 e. The van der Waals surface area contributed by atoms with Crippen molar-refractivity contribution in [3.05, 3.63) is 77.4 Å². The lowest BCUT2D eigenvalue weighted by Crippen LogP contribution is -2.15. The topological polar surface area (TPSA) is 23.2 Å². The number of rotatable bonds is 10. The first-order valence-corrected chi connectivity index (χ1v) is 14.3. The van der Waals surface area contributed by atoms with Gasteiger partial charge in [-0.2, -0.15) is 0 Å². The number of halogens is 1. The van der Waals surface area contributed by atoms with Gasteiger partial charge in [0.2, 0.25) is 5.69 Å². The van der Waals surface area contributed by atoms with Crippen molar-refractivity contribution < 1.29 is 14.1 Å². The highest BCUT2D eigenvalue weighted by Crippen LogP contribution is 2.31. The molecule has 0 aliphatic carbocycles. The quantitative estimate of drug-likeness (QED) is 0.108. The zero-order valence-corrected chi connectivity index (χ0v) is 26.2. The van der Waals surface area contributed by atoms with Crippen molar-refractivity contribution in [3.63, 3.8) is 0 Å². The maximum atomic E-state index is 14.9. The van der Waals surface area contributed by atoms with E-state index in [1.807, 2.05) is 109 Å². The molecule has 0 aliphatic heterocycles. The fourth-order valence-electron chi connectivity index (χ4n) is 3.43. The van der Waals surface area contributed by atoms with Crippen molar-refractivity contribution in [2.24, 2.45) is 0 Å². The summed E-state index contributed by atoms with van der Waals surface area (Å²) in [5.41, 5.74) is 4.40. The van der Waals surface area contributed by atoms with Gasteiger partial charge in [0.05, 0.1) is 0 Å². The highest BCUT2D eigenvalue weighted by molar-refractivity contribution is 6.33. The van der Waals surface area contributed by atoms with E-state index in [0.29, 0.717) is 6.42 Å². The molecule has 0 fully saturated rings. The summed E-state index contributed by atoms with van der Waals surface area (Å²) in [6, 6.07) is 13.4. The minimum absolute atomic E-state index is 0.250. The van der Waals surface area contributed by atoms with Gasteiger partial charge in [-0.05, 0) is 64.2 Å². The van der Waals surface area contributed by atoms with Crippen LogP contribution in [0.2, 0.25) is 0 Å². The molecule has 1 unspecified atom stereocenters. The molecular formula is C34H56BFNO+. The molecule has 2 aromatic carbocycles. The smallest absolute Gasteiger partial charge is 0.212 e. The van der Waals surface area contributed by atoms with Crippen molar-refractivity contribution in [3.8, 4) is 0 Å². The summed E-state index contributed by atoms with van der Waals surface area (Å²) < 4.78 is 16.9. The molecule has 1 N–H and O–H groups in total. The summed E-state index contributed by atoms with van der Waals surface area (Å²) in [4.78, 5) is 0. The van der Waals surface area contributed by atoms with Crippen LogP contribution < -0.4 is 5.46 Å². The van der Waals surface area contributed by atoms with Crippen molar-refractivity contribution >= 4 is 31.8 Å². The van der Waals surface area contributed by atoms with E-state index in [9.17, 15) is 4.39 Å². The molecule has 0 bridgehead atoms. The lowest BCUT2D eigenvalue weighted by atomic mass is 9.87. The van der Waals surface area contributed by atoms with Crippen LogP contribution >= 0.6 is 0 Å². The molecule has 0 aliphatic rings. The number of allylic oxidation sites excluding steroid dienone is 2. The van der Waals surface area contributed by atoms with Crippen molar-refractivity contribution in [2.75, 3.05) is 13.2 Å². The zero-order chi connectivity index (χ0) is 30.1. The molecular weight excluding hydrogens is 468 g/mol. The van der Waals surface area contributed by atoms with Crippen LogP contribution in [0, 0.1) is 6.92 Å². The number of hydrogen-bond donors (Lipinski definition) is 1. The number of aliphatic hydroxyl groups is 1. The molecule has 2 rings (SSSR count). The van der Waals surface area contributed by atoms with E-state index in [1.54, 1.807) is 13.8 Å². The Hall–Kier alpha value is -2.46. The van der Waals surface area contributed by atoms with Crippen LogP contribution in [0.5, 0.6) is 0 Å². The van der Waals surface area contributed by atoms with E-state index >= 15 is 0 Å². The van der Waals surface area contributed by atoms with Gasteiger partial charge >= 0.3 is 0 Å². The molecule has 2 nitrogen and oxygen atoms in total. The van der Waals surface area contributed by atoms with Gasteiger partial charge in [-0.1, -0.05) is 102 Å².